The fourth-order valence-corrected chi connectivity index (χ4v) is 1.93. The first-order chi connectivity index (χ1) is 6.13. The highest BCUT2D eigenvalue weighted by molar-refractivity contribution is 5.73. The number of piperidine rings is 1. The van der Waals surface area contributed by atoms with Crippen LogP contribution >= 0.6 is 0 Å². The number of hydrogen-bond acceptors (Lipinski definition) is 2. The van der Waals surface area contributed by atoms with Crippen molar-refractivity contribution < 1.29 is 4.79 Å². The Bertz CT molecular complexity index is 176. The van der Waals surface area contributed by atoms with Crippen LogP contribution in [0.15, 0.2) is 0 Å². The average Bonchev–Trinajstić information content (AvgIpc) is 2.17. The minimum absolute atomic E-state index is 0.172. The lowest BCUT2D eigenvalue weighted by Gasteiger charge is -2.34. The van der Waals surface area contributed by atoms with Crippen molar-refractivity contribution in [3.05, 3.63) is 0 Å². The van der Waals surface area contributed by atoms with E-state index in [-0.39, 0.29) is 5.91 Å². The van der Waals surface area contributed by atoms with Gasteiger partial charge in [-0.3, -0.25) is 4.79 Å². The summed E-state index contributed by atoms with van der Waals surface area (Å²) in [5.74, 6) is 0.848. The Morgan fingerprint density at radius 1 is 1.46 bits per heavy atom. The summed E-state index contributed by atoms with van der Waals surface area (Å²) < 4.78 is 0. The van der Waals surface area contributed by atoms with Crippen LogP contribution in [0.4, 0.5) is 0 Å². The van der Waals surface area contributed by atoms with Gasteiger partial charge in [0, 0.05) is 20.0 Å². The maximum absolute atomic E-state index is 11.1. The molecule has 1 atom stereocenters. The highest BCUT2D eigenvalue weighted by atomic mass is 16.2. The Morgan fingerprint density at radius 3 is 2.46 bits per heavy atom. The standard InChI is InChI=1S/C10H20N2O/c1-8(12(3)9(2)13)10-4-6-11-7-5-10/h8,10-11H,4-7H2,1-3H3. The third kappa shape index (κ3) is 2.69. The Kier molecular flexibility index (Phi) is 3.72. The summed E-state index contributed by atoms with van der Waals surface area (Å²) in [7, 11) is 1.90. The zero-order valence-corrected chi connectivity index (χ0v) is 8.84. The number of amides is 1. The summed E-state index contributed by atoms with van der Waals surface area (Å²) in [6.45, 7) is 5.98. The minimum Gasteiger partial charge on any atom is -0.343 e. The zero-order valence-electron chi connectivity index (χ0n) is 8.84. The highest BCUT2D eigenvalue weighted by Gasteiger charge is 2.23. The lowest BCUT2D eigenvalue weighted by molar-refractivity contribution is -0.130. The van der Waals surface area contributed by atoms with Crippen LogP contribution < -0.4 is 5.32 Å². The molecule has 1 rings (SSSR count). The summed E-state index contributed by atoms with van der Waals surface area (Å²) >= 11 is 0. The van der Waals surface area contributed by atoms with E-state index in [1.807, 2.05) is 11.9 Å². The van der Waals surface area contributed by atoms with Crippen LogP contribution in [0.5, 0.6) is 0 Å². The summed E-state index contributed by atoms with van der Waals surface area (Å²) in [6, 6.07) is 0.389. The van der Waals surface area contributed by atoms with Gasteiger partial charge in [0.25, 0.3) is 0 Å². The number of carbonyl (C=O) groups excluding carboxylic acids is 1. The van der Waals surface area contributed by atoms with Crippen LogP contribution in [0.2, 0.25) is 0 Å². The van der Waals surface area contributed by atoms with E-state index >= 15 is 0 Å². The second-order valence-electron chi connectivity index (χ2n) is 3.96. The van der Waals surface area contributed by atoms with Crippen molar-refractivity contribution in [1.29, 1.82) is 0 Å². The molecule has 3 heteroatoms. The summed E-state index contributed by atoms with van der Waals surface area (Å²) in [6.07, 6.45) is 2.39. The Hall–Kier alpha value is -0.570. The number of nitrogens with zero attached hydrogens (tertiary/aromatic N) is 1. The molecule has 76 valence electrons. The second kappa shape index (κ2) is 4.61. The van der Waals surface area contributed by atoms with Crippen LogP contribution in [-0.4, -0.2) is 37.0 Å². The van der Waals surface area contributed by atoms with Crippen molar-refractivity contribution in [3.8, 4) is 0 Å². The van der Waals surface area contributed by atoms with Gasteiger partial charge in [-0.05, 0) is 38.8 Å². The molecule has 3 nitrogen and oxygen atoms in total. The average molecular weight is 184 g/mol. The normalized spacial score (nSPS) is 21.2. The molecule has 0 radical (unpaired) electrons. The van der Waals surface area contributed by atoms with Crippen molar-refractivity contribution in [2.75, 3.05) is 20.1 Å². The van der Waals surface area contributed by atoms with E-state index < -0.39 is 0 Å². The third-order valence-electron chi connectivity index (χ3n) is 3.17. The van der Waals surface area contributed by atoms with Gasteiger partial charge in [-0.15, -0.1) is 0 Å². The van der Waals surface area contributed by atoms with E-state index in [2.05, 4.69) is 12.2 Å². The molecule has 0 aromatic carbocycles. The molecule has 0 saturated carbocycles. The Balaban J connectivity index is 2.44. The quantitative estimate of drug-likeness (QED) is 0.690. The first kappa shape index (κ1) is 10.5. The molecule has 1 unspecified atom stereocenters. The molecular weight excluding hydrogens is 164 g/mol. The Labute approximate surface area is 80.5 Å². The molecule has 1 heterocycles. The molecule has 1 aliphatic rings. The molecule has 1 N–H and O–H groups in total. The largest absolute Gasteiger partial charge is 0.343 e. The van der Waals surface area contributed by atoms with Gasteiger partial charge in [-0.1, -0.05) is 0 Å². The minimum atomic E-state index is 0.172. The van der Waals surface area contributed by atoms with E-state index in [4.69, 9.17) is 0 Å². The molecule has 1 amide bonds. The molecule has 0 aromatic rings. The predicted molar refractivity (Wildman–Crippen MR) is 53.5 cm³/mol. The number of carbonyl (C=O) groups is 1. The van der Waals surface area contributed by atoms with Crippen molar-refractivity contribution in [2.45, 2.75) is 32.7 Å². The molecule has 13 heavy (non-hydrogen) atoms. The lowest BCUT2D eigenvalue weighted by atomic mass is 9.90. The summed E-state index contributed by atoms with van der Waals surface area (Å²) in [4.78, 5) is 13.0. The topological polar surface area (TPSA) is 32.3 Å². The van der Waals surface area contributed by atoms with Crippen LogP contribution in [0.25, 0.3) is 0 Å². The first-order valence-electron chi connectivity index (χ1n) is 5.07. The van der Waals surface area contributed by atoms with E-state index in [0.29, 0.717) is 12.0 Å². The van der Waals surface area contributed by atoms with Crippen LogP contribution in [0.1, 0.15) is 26.7 Å². The SMILES string of the molecule is CC(=O)N(C)C(C)C1CCNCC1. The number of hydrogen-bond donors (Lipinski definition) is 1. The van der Waals surface area contributed by atoms with Gasteiger partial charge in [0.05, 0.1) is 0 Å². The maximum Gasteiger partial charge on any atom is 0.219 e. The fraction of sp³-hybridized carbons (Fsp3) is 0.900. The third-order valence-corrected chi connectivity index (χ3v) is 3.17. The molecule has 1 aliphatic heterocycles. The molecule has 0 aliphatic carbocycles. The van der Waals surface area contributed by atoms with E-state index in [0.717, 1.165) is 13.1 Å². The van der Waals surface area contributed by atoms with Gasteiger partial charge in [0.15, 0.2) is 0 Å². The molecule has 0 aromatic heterocycles. The van der Waals surface area contributed by atoms with Crippen molar-refractivity contribution in [2.24, 2.45) is 5.92 Å². The predicted octanol–water partition coefficient (Wildman–Crippen LogP) is 0.853. The van der Waals surface area contributed by atoms with Gasteiger partial charge in [0.2, 0.25) is 5.91 Å². The van der Waals surface area contributed by atoms with Gasteiger partial charge < -0.3 is 10.2 Å². The molecule has 1 saturated heterocycles. The second-order valence-corrected chi connectivity index (χ2v) is 3.96. The number of nitrogens with one attached hydrogen (secondary N) is 1. The summed E-state index contributed by atoms with van der Waals surface area (Å²) in [5, 5.41) is 3.33. The molecule has 0 bridgehead atoms. The maximum atomic E-state index is 11.1. The van der Waals surface area contributed by atoms with Crippen molar-refractivity contribution >= 4 is 5.91 Å². The van der Waals surface area contributed by atoms with Crippen molar-refractivity contribution in [3.63, 3.8) is 0 Å². The number of rotatable bonds is 2. The molecule has 0 spiro atoms. The smallest absolute Gasteiger partial charge is 0.219 e. The van der Waals surface area contributed by atoms with Gasteiger partial charge in [-0.2, -0.15) is 0 Å². The zero-order chi connectivity index (χ0) is 9.84. The van der Waals surface area contributed by atoms with Crippen LogP contribution in [0.3, 0.4) is 0 Å². The molecule has 1 fully saturated rings. The monoisotopic (exact) mass is 184 g/mol. The van der Waals surface area contributed by atoms with Crippen molar-refractivity contribution in [1.82, 2.24) is 10.2 Å². The van der Waals surface area contributed by atoms with E-state index in [9.17, 15) is 4.79 Å². The van der Waals surface area contributed by atoms with Gasteiger partial charge in [0.1, 0.15) is 0 Å². The lowest BCUT2D eigenvalue weighted by Crippen LogP contribution is -2.42. The summed E-state index contributed by atoms with van der Waals surface area (Å²) in [5.41, 5.74) is 0. The van der Waals surface area contributed by atoms with Gasteiger partial charge >= 0.3 is 0 Å². The Morgan fingerprint density at radius 2 is 2.00 bits per heavy atom. The fourth-order valence-electron chi connectivity index (χ4n) is 1.93. The van der Waals surface area contributed by atoms with E-state index in [1.165, 1.54) is 12.8 Å². The van der Waals surface area contributed by atoms with Gasteiger partial charge in [-0.25, -0.2) is 0 Å². The molecular formula is C10H20N2O. The van der Waals surface area contributed by atoms with E-state index in [1.54, 1.807) is 6.92 Å². The highest BCUT2D eigenvalue weighted by Crippen LogP contribution is 2.19. The van der Waals surface area contributed by atoms with Crippen LogP contribution in [-0.2, 0) is 4.79 Å². The van der Waals surface area contributed by atoms with Crippen LogP contribution in [0, 0.1) is 5.92 Å². The first-order valence-corrected chi connectivity index (χ1v) is 5.07.